The SMILES string of the molecule is CC(C)C1NC(=O)C(C(C)C)N(CCC2CCCO2)C1=O. The van der Waals surface area contributed by atoms with Gasteiger partial charge in [-0.1, -0.05) is 27.7 Å². The van der Waals surface area contributed by atoms with Crippen molar-refractivity contribution in [2.24, 2.45) is 11.8 Å². The molecule has 5 nitrogen and oxygen atoms in total. The minimum absolute atomic E-state index is 0.0179. The van der Waals surface area contributed by atoms with Crippen LogP contribution in [0.25, 0.3) is 0 Å². The second-order valence-corrected chi connectivity index (χ2v) is 6.87. The van der Waals surface area contributed by atoms with Gasteiger partial charge in [-0.15, -0.1) is 0 Å². The van der Waals surface area contributed by atoms with E-state index in [1.165, 1.54) is 0 Å². The first-order chi connectivity index (χ1) is 9.91. The van der Waals surface area contributed by atoms with Crippen LogP contribution in [0.3, 0.4) is 0 Å². The van der Waals surface area contributed by atoms with Crippen molar-refractivity contribution >= 4 is 11.8 Å². The molecule has 0 bridgehead atoms. The fourth-order valence-electron chi connectivity index (χ4n) is 3.28. The number of carbonyl (C=O) groups is 2. The van der Waals surface area contributed by atoms with E-state index in [0.29, 0.717) is 6.54 Å². The van der Waals surface area contributed by atoms with Gasteiger partial charge in [-0.3, -0.25) is 9.59 Å². The minimum atomic E-state index is -0.392. The van der Waals surface area contributed by atoms with Crippen LogP contribution in [0.1, 0.15) is 47.0 Å². The average Bonchev–Trinajstić information content (AvgIpc) is 2.91. The molecule has 2 heterocycles. The molecule has 21 heavy (non-hydrogen) atoms. The minimum Gasteiger partial charge on any atom is -0.378 e. The van der Waals surface area contributed by atoms with E-state index in [4.69, 9.17) is 4.74 Å². The van der Waals surface area contributed by atoms with Gasteiger partial charge in [-0.2, -0.15) is 0 Å². The van der Waals surface area contributed by atoms with Crippen LogP contribution in [0.4, 0.5) is 0 Å². The molecule has 120 valence electrons. The summed E-state index contributed by atoms with van der Waals surface area (Å²) in [6.07, 6.45) is 3.23. The van der Waals surface area contributed by atoms with E-state index in [-0.39, 0.29) is 35.8 Å². The number of nitrogens with zero attached hydrogens (tertiary/aromatic N) is 1. The molecule has 0 saturated carbocycles. The zero-order chi connectivity index (χ0) is 15.6. The molecule has 0 aromatic carbocycles. The molecule has 1 N–H and O–H groups in total. The maximum absolute atomic E-state index is 12.7. The van der Waals surface area contributed by atoms with E-state index in [1.54, 1.807) is 4.90 Å². The molecule has 0 aliphatic carbocycles. The highest BCUT2D eigenvalue weighted by molar-refractivity contribution is 5.97. The largest absolute Gasteiger partial charge is 0.378 e. The van der Waals surface area contributed by atoms with Crippen molar-refractivity contribution in [1.82, 2.24) is 10.2 Å². The molecule has 0 spiro atoms. The molecule has 2 amide bonds. The van der Waals surface area contributed by atoms with Gasteiger partial charge in [-0.05, 0) is 31.1 Å². The molecule has 3 unspecified atom stereocenters. The summed E-state index contributed by atoms with van der Waals surface area (Å²) < 4.78 is 5.64. The van der Waals surface area contributed by atoms with Crippen LogP contribution in [-0.2, 0) is 14.3 Å². The number of piperazine rings is 1. The third-order valence-corrected chi connectivity index (χ3v) is 4.47. The summed E-state index contributed by atoms with van der Waals surface area (Å²) in [6, 6.07) is -0.745. The summed E-state index contributed by atoms with van der Waals surface area (Å²) in [5, 5.41) is 2.89. The van der Waals surface area contributed by atoms with Crippen LogP contribution >= 0.6 is 0 Å². The zero-order valence-corrected chi connectivity index (χ0v) is 13.6. The molecular weight excluding hydrogens is 268 g/mol. The first kappa shape index (κ1) is 16.3. The van der Waals surface area contributed by atoms with Crippen molar-refractivity contribution < 1.29 is 14.3 Å². The van der Waals surface area contributed by atoms with Crippen LogP contribution in [0.2, 0.25) is 0 Å². The Kier molecular flexibility index (Phi) is 5.25. The Hall–Kier alpha value is -1.10. The second-order valence-electron chi connectivity index (χ2n) is 6.87. The van der Waals surface area contributed by atoms with Gasteiger partial charge in [0.25, 0.3) is 0 Å². The molecule has 0 aromatic heterocycles. The van der Waals surface area contributed by atoms with Crippen molar-refractivity contribution in [2.45, 2.75) is 65.1 Å². The topological polar surface area (TPSA) is 58.6 Å². The first-order valence-corrected chi connectivity index (χ1v) is 8.14. The number of ether oxygens (including phenoxy) is 1. The van der Waals surface area contributed by atoms with Crippen molar-refractivity contribution in [3.05, 3.63) is 0 Å². The van der Waals surface area contributed by atoms with Crippen LogP contribution in [0, 0.1) is 11.8 Å². The number of rotatable bonds is 5. The molecule has 2 aliphatic heterocycles. The third-order valence-electron chi connectivity index (χ3n) is 4.47. The molecule has 5 heteroatoms. The summed E-state index contributed by atoms with van der Waals surface area (Å²) in [6.45, 7) is 9.36. The lowest BCUT2D eigenvalue weighted by molar-refractivity contribution is -0.152. The smallest absolute Gasteiger partial charge is 0.246 e. The van der Waals surface area contributed by atoms with Crippen LogP contribution in [0.5, 0.6) is 0 Å². The van der Waals surface area contributed by atoms with E-state index in [9.17, 15) is 9.59 Å². The highest BCUT2D eigenvalue weighted by Crippen LogP contribution is 2.23. The summed E-state index contributed by atoms with van der Waals surface area (Å²) in [5.74, 6) is 0.267. The summed E-state index contributed by atoms with van der Waals surface area (Å²) >= 11 is 0. The monoisotopic (exact) mass is 296 g/mol. The molecule has 2 fully saturated rings. The fraction of sp³-hybridized carbons (Fsp3) is 0.875. The average molecular weight is 296 g/mol. The molecule has 2 saturated heterocycles. The fourth-order valence-corrected chi connectivity index (χ4v) is 3.28. The first-order valence-electron chi connectivity index (χ1n) is 8.14. The number of carbonyl (C=O) groups excluding carboxylic acids is 2. The van der Waals surface area contributed by atoms with Crippen LogP contribution < -0.4 is 5.32 Å². The van der Waals surface area contributed by atoms with Gasteiger partial charge in [0.2, 0.25) is 11.8 Å². The summed E-state index contributed by atoms with van der Waals surface area (Å²) in [5.41, 5.74) is 0. The number of hydrogen-bond donors (Lipinski definition) is 1. The van der Waals surface area contributed by atoms with Crippen molar-refractivity contribution in [3.63, 3.8) is 0 Å². The van der Waals surface area contributed by atoms with Gasteiger partial charge >= 0.3 is 0 Å². The van der Waals surface area contributed by atoms with Gasteiger partial charge in [0.05, 0.1) is 6.10 Å². The maximum atomic E-state index is 12.7. The van der Waals surface area contributed by atoms with E-state index < -0.39 is 6.04 Å². The van der Waals surface area contributed by atoms with Crippen molar-refractivity contribution in [2.75, 3.05) is 13.2 Å². The van der Waals surface area contributed by atoms with Gasteiger partial charge in [0.1, 0.15) is 12.1 Å². The Bertz CT molecular complexity index is 389. The molecular formula is C16H28N2O3. The molecule has 0 radical (unpaired) electrons. The van der Waals surface area contributed by atoms with E-state index in [1.807, 2.05) is 27.7 Å². The van der Waals surface area contributed by atoms with Gasteiger partial charge < -0.3 is 15.0 Å². The van der Waals surface area contributed by atoms with Crippen molar-refractivity contribution in [1.29, 1.82) is 0 Å². The van der Waals surface area contributed by atoms with Crippen LogP contribution in [0.15, 0.2) is 0 Å². The summed E-state index contributed by atoms with van der Waals surface area (Å²) in [7, 11) is 0. The van der Waals surface area contributed by atoms with Gasteiger partial charge in [0.15, 0.2) is 0 Å². The Labute approximate surface area is 127 Å². The van der Waals surface area contributed by atoms with Gasteiger partial charge in [0, 0.05) is 13.2 Å². The Morgan fingerprint density at radius 1 is 1.24 bits per heavy atom. The standard InChI is InChI=1S/C16H28N2O3/c1-10(2)13-16(20)18(8-7-12-6-5-9-21-12)14(11(3)4)15(19)17-13/h10-14H,5-9H2,1-4H3,(H,17,19). The van der Waals surface area contributed by atoms with Crippen molar-refractivity contribution in [3.8, 4) is 0 Å². The predicted molar refractivity (Wildman–Crippen MR) is 80.7 cm³/mol. The Morgan fingerprint density at radius 3 is 2.48 bits per heavy atom. The lowest BCUT2D eigenvalue weighted by atomic mass is 9.92. The van der Waals surface area contributed by atoms with E-state index in [2.05, 4.69) is 5.32 Å². The second kappa shape index (κ2) is 6.77. The predicted octanol–water partition coefficient (Wildman–Crippen LogP) is 1.56. The molecule has 2 rings (SSSR count). The normalized spacial score (nSPS) is 30.4. The number of amides is 2. The Morgan fingerprint density at radius 2 is 1.95 bits per heavy atom. The molecule has 2 aliphatic rings. The Balaban J connectivity index is 2.09. The number of nitrogens with one attached hydrogen (secondary N) is 1. The highest BCUT2D eigenvalue weighted by atomic mass is 16.5. The van der Waals surface area contributed by atoms with Gasteiger partial charge in [-0.25, -0.2) is 0 Å². The molecule has 3 atom stereocenters. The molecule has 0 aromatic rings. The lowest BCUT2D eigenvalue weighted by Gasteiger charge is -2.42. The van der Waals surface area contributed by atoms with E-state index >= 15 is 0 Å². The van der Waals surface area contributed by atoms with Crippen LogP contribution in [-0.4, -0.2) is 48.1 Å². The maximum Gasteiger partial charge on any atom is 0.246 e. The third kappa shape index (κ3) is 3.57. The lowest BCUT2D eigenvalue weighted by Crippen LogP contribution is -2.66. The quantitative estimate of drug-likeness (QED) is 0.837. The highest BCUT2D eigenvalue weighted by Gasteiger charge is 2.42. The van der Waals surface area contributed by atoms with E-state index in [0.717, 1.165) is 25.9 Å². The zero-order valence-electron chi connectivity index (χ0n) is 13.6. The summed E-state index contributed by atoms with van der Waals surface area (Å²) in [4.78, 5) is 26.9. The number of hydrogen-bond acceptors (Lipinski definition) is 3.